The summed E-state index contributed by atoms with van der Waals surface area (Å²) in [5.74, 6) is 0.332. The van der Waals surface area contributed by atoms with Gasteiger partial charge >= 0.3 is 0 Å². The molecule has 0 saturated heterocycles. The molecule has 0 aliphatic carbocycles. The molecule has 0 radical (unpaired) electrons. The predicted molar refractivity (Wildman–Crippen MR) is 83.8 cm³/mol. The number of hydrogen-bond acceptors (Lipinski definition) is 6. The smallest absolute Gasteiger partial charge is 0.277 e. The lowest BCUT2D eigenvalue weighted by Gasteiger charge is -2.02. The Morgan fingerprint density at radius 1 is 1.19 bits per heavy atom. The summed E-state index contributed by atoms with van der Waals surface area (Å²) in [5, 5.41) is 14.2. The molecule has 7 heteroatoms. The van der Waals surface area contributed by atoms with Crippen molar-refractivity contribution in [2.24, 2.45) is 0 Å². The van der Waals surface area contributed by atoms with Crippen LogP contribution in [0, 0.1) is 0 Å². The minimum absolute atomic E-state index is 0.260. The number of amides is 1. The molecule has 2 heterocycles. The molecule has 0 saturated carbocycles. The lowest BCUT2D eigenvalue weighted by atomic mass is 10.3. The molecular formula is C14H13N5OS. The van der Waals surface area contributed by atoms with E-state index in [1.54, 1.807) is 12.1 Å². The molecule has 0 fully saturated rings. The van der Waals surface area contributed by atoms with Gasteiger partial charge in [-0.1, -0.05) is 23.5 Å². The SMILES string of the molecule is CCNc1ccc(C(=O)Nc2nc3ccccc3s2)nn1. The predicted octanol–water partition coefficient (Wildman–Crippen LogP) is 2.77. The van der Waals surface area contributed by atoms with Crippen LogP contribution >= 0.6 is 11.3 Å². The first-order valence-corrected chi connectivity index (χ1v) is 7.32. The molecule has 0 aliphatic heterocycles. The third-order valence-corrected chi connectivity index (χ3v) is 3.72. The number of carbonyl (C=O) groups is 1. The van der Waals surface area contributed by atoms with Crippen LogP contribution in [-0.4, -0.2) is 27.6 Å². The average Bonchev–Trinajstić information content (AvgIpc) is 2.90. The maximum atomic E-state index is 12.1. The number of para-hydroxylation sites is 1. The molecule has 3 rings (SSSR count). The number of aromatic nitrogens is 3. The number of carbonyl (C=O) groups excluding carboxylic acids is 1. The van der Waals surface area contributed by atoms with Crippen molar-refractivity contribution in [2.75, 3.05) is 17.2 Å². The van der Waals surface area contributed by atoms with E-state index in [9.17, 15) is 4.79 Å². The zero-order chi connectivity index (χ0) is 14.7. The second-order valence-corrected chi connectivity index (χ2v) is 5.31. The van der Waals surface area contributed by atoms with Crippen molar-refractivity contribution >= 4 is 38.4 Å². The number of anilines is 2. The third kappa shape index (κ3) is 2.97. The van der Waals surface area contributed by atoms with Crippen molar-refractivity contribution in [3.63, 3.8) is 0 Å². The van der Waals surface area contributed by atoms with Crippen LogP contribution in [0.15, 0.2) is 36.4 Å². The minimum Gasteiger partial charge on any atom is -0.369 e. The Labute approximate surface area is 125 Å². The maximum absolute atomic E-state index is 12.1. The molecule has 1 amide bonds. The monoisotopic (exact) mass is 299 g/mol. The summed E-state index contributed by atoms with van der Waals surface area (Å²) in [6.45, 7) is 2.72. The topological polar surface area (TPSA) is 79.8 Å². The van der Waals surface area contributed by atoms with Gasteiger partial charge in [0.2, 0.25) is 0 Å². The lowest BCUT2D eigenvalue weighted by Crippen LogP contribution is -2.14. The number of nitrogens with one attached hydrogen (secondary N) is 2. The quantitative estimate of drug-likeness (QED) is 0.774. The number of rotatable bonds is 4. The molecule has 21 heavy (non-hydrogen) atoms. The van der Waals surface area contributed by atoms with Crippen LogP contribution in [-0.2, 0) is 0 Å². The van der Waals surface area contributed by atoms with Crippen LogP contribution in [0.4, 0.5) is 10.9 Å². The fourth-order valence-electron chi connectivity index (χ4n) is 1.82. The van der Waals surface area contributed by atoms with Gasteiger partial charge in [0.15, 0.2) is 10.8 Å². The fourth-order valence-corrected chi connectivity index (χ4v) is 2.68. The van der Waals surface area contributed by atoms with Gasteiger partial charge in [0.05, 0.1) is 10.2 Å². The van der Waals surface area contributed by atoms with Crippen molar-refractivity contribution < 1.29 is 4.79 Å². The highest BCUT2D eigenvalue weighted by atomic mass is 32.1. The number of fused-ring (bicyclic) bond motifs is 1. The molecule has 2 aromatic heterocycles. The van der Waals surface area contributed by atoms with Crippen molar-refractivity contribution in [3.8, 4) is 0 Å². The van der Waals surface area contributed by atoms with E-state index < -0.39 is 0 Å². The molecule has 0 atom stereocenters. The molecule has 1 aromatic carbocycles. The van der Waals surface area contributed by atoms with Crippen molar-refractivity contribution in [1.82, 2.24) is 15.2 Å². The summed E-state index contributed by atoms with van der Waals surface area (Å²) < 4.78 is 1.03. The van der Waals surface area contributed by atoms with Gasteiger partial charge in [0.1, 0.15) is 5.82 Å². The fraction of sp³-hybridized carbons (Fsp3) is 0.143. The van der Waals surface area contributed by atoms with Gasteiger partial charge in [0, 0.05) is 6.54 Å². The summed E-state index contributed by atoms with van der Waals surface area (Å²) >= 11 is 1.43. The Morgan fingerprint density at radius 3 is 2.76 bits per heavy atom. The molecule has 0 aliphatic rings. The van der Waals surface area contributed by atoms with Crippen molar-refractivity contribution in [3.05, 3.63) is 42.1 Å². The molecule has 0 spiro atoms. The van der Waals surface area contributed by atoms with Crippen molar-refractivity contribution in [1.29, 1.82) is 0 Å². The highest BCUT2D eigenvalue weighted by Gasteiger charge is 2.11. The van der Waals surface area contributed by atoms with E-state index in [2.05, 4.69) is 25.8 Å². The van der Waals surface area contributed by atoms with E-state index in [1.807, 2.05) is 31.2 Å². The standard InChI is InChI=1S/C14H13N5OS/c1-2-15-12-8-7-10(18-19-12)13(20)17-14-16-9-5-3-4-6-11(9)21-14/h3-8H,2H2,1H3,(H,15,19)(H,16,17,20). The van der Waals surface area contributed by atoms with E-state index >= 15 is 0 Å². The molecular weight excluding hydrogens is 286 g/mol. The van der Waals surface area contributed by atoms with Crippen LogP contribution < -0.4 is 10.6 Å². The van der Waals surface area contributed by atoms with Crippen LogP contribution in [0.25, 0.3) is 10.2 Å². The summed E-state index contributed by atoms with van der Waals surface area (Å²) in [6.07, 6.45) is 0. The summed E-state index contributed by atoms with van der Waals surface area (Å²) in [5.41, 5.74) is 1.13. The minimum atomic E-state index is -0.315. The summed E-state index contributed by atoms with van der Waals surface area (Å²) in [6, 6.07) is 11.1. The molecule has 3 aromatic rings. The Bertz CT molecular complexity index is 735. The van der Waals surface area contributed by atoms with Crippen molar-refractivity contribution in [2.45, 2.75) is 6.92 Å². The maximum Gasteiger partial charge on any atom is 0.277 e. The van der Waals surface area contributed by atoms with E-state index in [1.165, 1.54) is 11.3 Å². The normalized spacial score (nSPS) is 10.5. The summed E-state index contributed by atoms with van der Waals surface area (Å²) in [7, 11) is 0. The van der Waals surface area contributed by atoms with Gasteiger partial charge < -0.3 is 5.32 Å². The first-order valence-electron chi connectivity index (χ1n) is 6.51. The number of nitrogens with zero attached hydrogens (tertiary/aromatic N) is 3. The van der Waals surface area contributed by atoms with Crippen LogP contribution in [0.1, 0.15) is 17.4 Å². The Kier molecular flexibility index (Phi) is 3.74. The molecule has 2 N–H and O–H groups in total. The van der Waals surface area contributed by atoms with Gasteiger partial charge in [-0.2, -0.15) is 0 Å². The number of hydrogen-bond donors (Lipinski definition) is 2. The van der Waals surface area contributed by atoms with Gasteiger partial charge in [-0.25, -0.2) is 4.98 Å². The van der Waals surface area contributed by atoms with E-state index in [4.69, 9.17) is 0 Å². The molecule has 6 nitrogen and oxygen atoms in total. The Balaban J connectivity index is 1.76. The van der Waals surface area contributed by atoms with Gasteiger partial charge in [-0.05, 0) is 31.2 Å². The number of thiazole rings is 1. The Hall–Kier alpha value is -2.54. The summed E-state index contributed by atoms with van der Waals surface area (Å²) in [4.78, 5) is 16.4. The lowest BCUT2D eigenvalue weighted by molar-refractivity contribution is 0.102. The third-order valence-electron chi connectivity index (χ3n) is 2.77. The average molecular weight is 299 g/mol. The second-order valence-electron chi connectivity index (χ2n) is 4.28. The van der Waals surface area contributed by atoms with Gasteiger partial charge in [-0.3, -0.25) is 10.1 Å². The van der Waals surface area contributed by atoms with Gasteiger partial charge in [-0.15, -0.1) is 10.2 Å². The van der Waals surface area contributed by atoms with Crippen LogP contribution in [0.5, 0.6) is 0 Å². The molecule has 0 bridgehead atoms. The highest BCUT2D eigenvalue weighted by molar-refractivity contribution is 7.22. The highest BCUT2D eigenvalue weighted by Crippen LogP contribution is 2.25. The molecule has 106 valence electrons. The first-order chi connectivity index (χ1) is 10.3. The second kappa shape index (κ2) is 5.84. The van der Waals surface area contributed by atoms with Crippen LogP contribution in [0.2, 0.25) is 0 Å². The van der Waals surface area contributed by atoms with Gasteiger partial charge in [0.25, 0.3) is 5.91 Å². The van der Waals surface area contributed by atoms with Crippen LogP contribution in [0.3, 0.4) is 0 Å². The Morgan fingerprint density at radius 2 is 2.05 bits per heavy atom. The number of benzene rings is 1. The zero-order valence-corrected chi connectivity index (χ0v) is 12.1. The first kappa shape index (κ1) is 13.4. The van der Waals surface area contributed by atoms with E-state index in [0.717, 1.165) is 16.8 Å². The van der Waals surface area contributed by atoms with E-state index in [0.29, 0.717) is 10.9 Å². The molecule has 0 unspecified atom stereocenters. The zero-order valence-electron chi connectivity index (χ0n) is 11.3. The van der Waals surface area contributed by atoms with E-state index in [-0.39, 0.29) is 11.6 Å². The largest absolute Gasteiger partial charge is 0.369 e.